The SMILES string of the molecule is O=C(OCC1c2ccccc2-c2ccccc21)N1CC2(CCCCC2)CC1CO. The smallest absolute Gasteiger partial charge is 0.410 e. The molecule has 2 aliphatic carbocycles. The molecule has 1 saturated carbocycles. The van der Waals surface area contributed by atoms with Crippen LogP contribution in [0.25, 0.3) is 11.1 Å². The maximum atomic E-state index is 13.0. The molecule has 1 unspecified atom stereocenters. The fourth-order valence-electron chi connectivity index (χ4n) is 5.88. The van der Waals surface area contributed by atoms with E-state index < -0.39 is 0 Å². The average Bonchev–Trinajstić information content (AvgIpc) is 3.28. The number of nitrogens with zero attached hydrogens (tertiary/aromatic N) is 1. The van der Waals surface area contributed by atoms with Gasteiger partial charge in [-0.15, -0.1) is 0 Å². The first kappa shape index (κ1) is 18.7. The van der Waals surface area contributed by atoms with E-state index in [1.54, 1.807) is 4.90 Å². The Morgan fingerprint density at radius 1 is 1.00 bits per heavy atom. The van der Waals surface area contributed by atoms with Gasteiger partial charge in [0.25, 0.3) is 0 Å². The molecule has 1 spiro atoms. The third-order valence-electron chi connectivity index (χ3n) is 7.31. The van der Waals surface area contributed by atoms with E-state index in [-0.39, 0.29) is 30.1 Å². The van der Waals surface area contributed by atoms with Crippen LogP contribution in [0.15, 0.2) is 48.5 Å². The summed E-state index contributed by atoms with van der Waals surface area (Å²) in [6.07, 6.45) is 6.72. The summed E-state index contributed by atoms with van der Waals surface area (Å²) >= 11 is 0. The minimum absolute atomic E-state index is 0.0198. The van der Waals surface area contributed by atoms with E-state index in [2.05, 4.69) is 48.5 Å². The number of aliphatic hydroxyl groups is 1. The van der Waals surface area contributed by atoms with Gasteiger partial charge in [-0.3, -0.25) is 0 Å². The predicted octanol–water partition coefficient (Wildman–Crippen LogP) is 4.95. The molecule has 0 bridgehead atoms. The number of fused-ring (bicyclic) bond motifs is 3. The molecule has 1 amide bonds. The van der Waals surface area contributed by atoms with Gasteiger partial charge in [0.1, 0.15) is 6.61 Å². The minimum atomic E-state index is -0.270. The standard InChI is InChI=1S/C25H29NO3/c27-15-18-14-25(12-6-1-7-13-25)17-26(18)24(28)29-16-23-21-10-4-2-8-19(21)20-9-3-5-11-22(20)23/h2-5,8-11,18,23,27H,1,6-7,12-17H2. The lowest BCUT2D eigenvalue weighted by Gasteiger charge is -2.33. The van der Waals surface area contributed by atoms with Gasteiger partial charge in [0, 0.05) is 12.5 Å². The van der Waals surface area contributed by atoms with Crippen LogP contribution in [-0.4, -0.2) is 41.9 Å². The first-order valence-electron chi connectivity index (χ1n) is 10.9. The number of hydrogen-bond donors (Lipinski definition) is 1. The van der Waals surface area contributed by atoms with E-state index in [4.69, 9.17) is 4.74 Å². The first-order valence-corrected chi connectivity index (χ1v) is 10.9. The molecule has 4 heteroatoms. The van der Waals surface area contributed by atoms with Gasteiger partial charge in [0.15, 0.2) is 0 Å². The average molecular weight is 392 g/mol. The summed E-state index contributed by atoms with van der Waals surface area (Å²) in [5.74, 6) is 0.0742. The molecule has 1 aliphatic heterocycles. The van der Waals surface area contributed by atoms with E-state index in [0.29, 0.717) is 6.61 Å². The van der Waals surface area contributed by atoms with E-state index in [1.807, 2.05) is 0 Å². The lowest BCUT2D eigenvalue weighted by atomic mass is 9.73. The molecule has 1 heterocycles. The molecule has 5 rings (SSSR count). The second-order valence-corrected chi connectivity index (χ2v) is 9.03. The van der Waals surface area contributed by atoms with Gasteiger partial charge in [0.2, 0.25) is 0 Å². The van der Waals surface area contributed by atoms with Crippen molar-refractivity contribution in [3.05, 3.63) is 59.7 Å². The number of carbonyl (C=O) groups excluding carboxylic acids is 1. The van der Waals surface area contributed by atoms with Crippen molar-refractivity contribution in [2.75, 3.05) is 19.8 Å². The topological polar surface area (TPSA) is 49.8 Å². The van der Waals surface area contributed by atoms with Gasteiger partial charge in [-0.1, -0.05) is 67.8 Å². The Balaban J connectivity index is 1.32. The maximum Gasteiger partial charge on any atom is 0.410 e. The zero-order valence-corrected chi connectivity index (χ0v) is 16.8. The third kappa shape index (κ3) is 3.24. The Hall–Kier alpha value is -2.33. The number of amides is 1. The van der Waals surface area contributed by atoms with Gasteiger partial charge in [-0.25, -0.2) is 4.79 Å². The van der Waals surface area contributed by atoms with Crippen molar-refractivity contribution in [2.45, 2.75) is 50.5 Å². The van der Waals surface area contributed by atoms with Crippen LogP contribution < -0.4 is 0 Å². The fraction of sp³-hybridized carbons (Fsp3) is 0.480. The first-order chi connectivity index (χ1) is 14.2. The highest BCUT2D eigenvalue weighted by atomic mass is 16.6. The van der Waals surface area contributed by atoms with Crippen molar-refractivity contribution in [2.24, 2.45) is 5.41 Å². The molecule has 29 heavy (non-hydrogen) atoms. The molecular weight excluding hydrogens is 362 g/mol. The molecule has 0 aromatic heterocycles. The Morgan fingerprint density at radius 2 is 1.62 bits per heavy atom. The van der Waals surface area contributed by atoms with Crippen molar-refractivity contribution < 1.29 is 14.6 Å². The molecule has 0 radical (unpaired) electrons. The second-order valence-electron chi connectivity index (χ2n) is 9.03. The van der Waals surface area contributed by atoms with E-state index in [9.17, 15) is 9.90 Å². The highest BCUT2D eigenvalue weighted by Gasteiger charge is 2.46. The van der Waals surface area contributed by atoms with Crippen LogP contribution in [0, 0.1) is 5.41 Å². The van der Waals surface area contributed by atoms with Crippen LogP contribution in [0.3, 0.4) is 0 Å². The number of rotatable bonds is 3. The summed E-state index contributed by atoms with van der Waals surface area (Å²) in [7, 11) is 0. The number of benzene rings is 2. The molecule has 152 valence electrons. The van der Waals surface area contributed by atoms with Crippen LogP contribution in [0.2, 0.25) is 0 Å². The Kier molecular flexibility index (Phi) is 4.83. The lowest BCUT2D eigenvalue weighted by molar-refractivity contribution is 0.0798. The van der Waals surface area contributed by atoms with E-state index >= 15 is 0 Å². The minimum Gasteiger partial charge on any atom is -0.448 e. The molecular formula is C25H29NO3. The molecule has 4 nitrogen and oxygen atoms in total. The Bertz CT molecular complexity index is 857. The van der Waals surface area contributed by atoms with E-state index in [1.165, 1.54) is 41.5 Å². The summed E-state index contributed by atoms with van der Waals surface area (Å²) in [5.41, 5.74) is 5.12. The van der Waals surface area contributed by atoms with Crippen molar-refractivity contribution in [3.8, 4) is 11.1 Å². The van der Waals surface area contributed by atoms with Gasteiger partial charge < -0.3 is 14.7 Å². The second kappa shape index (κ2) is 7.49. The van der Waals surface area contributed by atoms with Crippen LogP contribution in [0.1, 0.15) is 55.6 Å². The van der Waals surface area contributed by atoms with Crippen molar-refractivity contribution in [1.29, 1.82) is 0 Å². The van der Waals surface area contributed by atoms with Crippen LogP contribution in [0.4, 0.5) is 4.79 Å². The largest absolute Gasteiger partial charge is 0.448 e. The highest BCUT2D eigenvalue weighted by molar-refractivity contribution is 5.79. The van der Waals surface area contributed by atoms with Gasteiger partial charge >= 0.3 is 6.09 Å². The number of aliphatic hydroxyl groups excluding tert-OH is 1. The number of likely N-dealkylation sites (tertiary alicyclic amines) is 1. The van der Waals surface area contributed by atoms with E-state index in [0.717, 1.165) is 25.8 Å². The zero-order chi connectivity index (χ0) is 19.8. The summed E-state index contributed by atoms with van der Waals surface area (Å²) in [6, 6.07) is 16.7. The highest BCUT2D eigenvalue weighted by Crippen LogP contribution is 2.47. The molecule has 3 aliphatic rings. The third-order valence-corrected chi connectivity index (χ3v) is 7.31. The van der Waals surface area contributed by atoms with Crippen LogP contribution >= 0.6 is 0 Å². The van der Waals surface area contributed by atoms with Crippen LogP contribution in [-0.2, 0) is 4.74 Å². The summed E-state index contributed by atoms with van der Waals surface area (Å²) in [4.78, 5) is 14.8. The van der Waals surface area contributed by atoms with Crippen molar-refractivity contribution in [3.63, 3.8) is 0 Å². The van der Waals surface area contributed by atoms with Crippen molar-refractivity contribution in [1.82, 2.24) is 4.90 Å². The summed E-state index contributed by atoms with van der Waals surface area (Å²) in [5, 5.41) is 9.89. The Morgan fingerprint density at radius 3 is 2.24 bits per heavy atom. The van der Waals surface area contributed by atoms with Gasteiger partial charge in [-0.2, -0.15) is 0 Å². The Labute approximate surface area is 172 Å². The quantitative estimate of drug-likeness (QED) is 0.805. The number of ether oxygens (including phenoxy) is 1. The van der Waals surface area contributed by atoms with Gasteiger partial charge in [-0.05, 0) is 46.9 Å². The van der Waals surface area contributed by atoms with Crippen molar-refractivity contribution >= 4 is 6.09 Å². The van der Waals surface area contributed by atoms with Gasteiger partial charge in [0.05, 0.1) is 12.6 Å². The molecule has 1 atom stereocenters. The lowest BCUT2D eigenvalue weighted by Crippen LogP contribution is -2.39. The molecule has 1 N–H and O–H groups in total. The molecule has 1 saturated heterocycles. The molecule has 2 aromatic carbocycles. The summed E-state index contributed by atoms with van der Waals surface area (Å²) < 4.78 is 5.87. The normalized spacial score (nSPS) is 22.5. The molecule has 2 fully saturated rings. The fourth-order valence-corrected chi connectivity index (χ4v) is 5.88. The maximum absolute atomic E-state index is 13.0. The molecule has 2 aromatic rings. The monoisotopic (exact) mass is 391 g/mol. The summed E-state index contributed by atoms with van der Waals surface area (Å²) in [6.45, 7) is 1.09. The van der Waals surface area contributed by atoms with Crippen LogP contribution in [0.5, 0.6) is 0 Å². The number of carbonyl (C=O) groups is 1. The number of hydrogen-bond acceptors (Lipinski definition) is 3. The zero-order valence-electron chi connectivity index (χ0n) is 16.8. The predicted molar refractivity (Wildman–Crippen MR) is 113 cm³/mol.